The summed E-state index contributed by atoms with van der Waals surface area (Å²) in [6.07, 6.45) is 7.23. The number of amides is 1. The van der Waals surface area contributed by atoms with Crippen LogP contribution < -0.4 is 11.1 Å². The van der Waals surface area contributed by atoms with Gasteiger partial charge in [0.1, 0.15) is 5.82 Å². The molecule has 3 fully saturated rings. The van der Waals surface area contributed by atoms with Crippen molar-refractivity contribution in [1.29, 1.82) is 0 Å². The van der Waals surface area contributed by atoms with Crippen molar-refractivity contribution in [2.45, 2.75) is 56.5 Å². The van der Waals surface area contributed by atoms with Gasteiger partial charge in [-0.3, -0.25) is 4.79 Å². The third-order valence-corrected chi connectivity index (χ3v) is 6.27. The van der Waals surface area contributed by atoms with Crippen LogP contribution in [-0.4, -0.2) is 11.9 Å². The van der Waals surface area contributed by atoms with Gasteiger partial charge in [-0.15, -0.1) is 0 Å². The van der Waals surface area contributed by atoms with Gasteiger partial charge in [-0.25, -0.2) is 4.39 Å². The molecule has 0 radical (unpaired) electrons. The van der Waals surface area contributed by atoms with Crippen molar-refractivity contribution in [3.8, 4) is 0 Å². The van der Waals surface area contributed by atoms with E-state index in [0.717, 1.165) is 44.1 Å². The van der Waals surface area contributed by atoms with Crippen LogP contribution in [-0.2, 0) is 10.3 Å². The molecule has 1 aromatic rings. The summed E-state index contributed by atoms with van der Waals surface area (Å²) in [5.74, 6) is 0.998. The lowest BCUT2D eigenvalue weighted by Gasteiger charge is -2.43. The average molecular weight is 316 g/mol. The second-order valence-electron chi connectivity index (χ2n) is 7.78. The number of hydrogen-bond donors (Lipinski definition) is 2. The maximum absolute atomic E-state index is 13.5. The fourth-order valence-corrected chi connectivity index (χ4v) is 4.74. The van der Waals surface area contributed by atoms with E-state index >= 15 is 0 Å². The Balaban J connectivity index is 1.46. The van der Waals surface area contributed by atoms with Crippen LogP contribution in [0.2, 0.25) is 0 Å². The first kappa shape index (κ1) is 15.1. The molecule has 2 atom stereocenters. The molecule has 1 amide bonds. The summed E-state index contributed by atoms with van der Waals surface area (Å²) in [7, 11) is 0. The number of benzene rings is 1. The van der Waals surface area contributed by atoms with Gasteiger partial charge in [0, 0.05) is 12.0 Å². The monoisotopic (exact) mass is 316 g/mol. The number of nitrogens with two attached hydrogens (primary N) is 1. The maximum Gasteiger partial charge on any atom is 0.223 e. The van der Waals surface area contributed by atoms with Gasteiger partial charge in [-0.05, 0) is 68.1 Å². The zero-order chi connectivity index (χ0) is 16.0. The molecule has 1 aromatic carbocycles. The Morgan fingerprint density at radius 1 is 1.22 bits per heavy atom. The van der Waals surface area contributed by atoms with E-state index in [4.69, 9.17) is 5.73 Å². The first-order valence-corrected chi connectivity index (χ1v) is 8.91. The van der Waals surface area contributed by atoms with Crippen LogP contribution in [0.1, 0.15) is 50.5 Å². The Kier molecular flexibility index (Phi) is 3.67. The standard InChI is InChI=1S/C19H25FN2O/c20-16-6-2-5-15(11-16)19(7-8-19)22-18(23)14-9-12-3-1-4-13(10-14)17(12)21/h2,5-6,11-14,17H,1,3-4,7-10,21H2,(H,22,23). The minimum atomic E-state index is -0.326. The molecule has 3 N–H and O–H groups in total. The Morgan fingerprint density at radius 2 is 1.91 bits per heavy atom. The second-order valence-corrected chi connectivity index (χ2v) is 7.78. The number of hydrogen-bond acceptors (Lipinski definition) is 2. The highest BCUT2D eigenvalue weighted by Crippen LogP contribution is 2.47. The van der Waals surface area contributed by atoms with E-state index in [0.29, 0.717) is 11.8 Å². The highest BCUT2D eigenvalue weighted by Gasteiger charge is 2.48. The predicted octanol–water partition coefficient (Wildman–Crippen LogP) is 3.08. The van der Waals surface area contributed by atoms with Crippen LogP contribution in [0.5, 0.6) is 0 Å². The highest BCUT2D eigenvalue weighted by atomic mass is 19.1. The van der Waals surface area contributed by atoms with Crippen LogP contribution in [0.15, 0.2) is 24.3 Å². The normalized spacial score (nSPS) is 34.7. The van der Waals surface area contributed by atoms with Crippen molar-refractivity contribution in [3.05, 3.63) is 35.6 Å². The van der Waals surface area contributed by atoms with Crippen molar-refractivity contribution in [3.63, 3.8) is 0 Å². The summed E-state index contributed by atoms with van der Waals surface area (Å²) >= 11 is 0. The molecular formula is C19H25FN2O. The number of carbonyl (C=O) groups is 1. The van der Waals surface area contributed by atoms with Crippen molar-refractivity contribution < 1.29 is 9.18 Å². The third-order valence-electron chi connectivity index (χ3n) is 6.27. The van der Waals surface area contributed by atoms with Gasteiger partial charge in [0.2, 0.25) is 5.91 Å². The summed E-state index contributed by atoms with van der Waals surface area (Å²) in [5.41, 5.74) is 6.90. The summed E-state index contributed by atoms with van der Waals surface area (Å²) in [5, 5.41) is 3.24. The third kappa shape index (κ3) is 2.78. The van der Waals surface area contributed by atoms with Crippen LogP contribution in [0.25, 0.3) is 0 Å². The molecule has 2 unspecified atom stereocenters. The number of fused-ring (bicyclic) bond motifs is 2. The number of rotatable bonds is 3. The fraction of sp³-hybridized carbons (Fsp3) is 0.632. The van der Waals surface area contributed by atoms with Gasteiger partial charge in [0.25, 0.3) is 0 Å². The maximum atomic E-state index is 13.5. The van der Waals surface area contributed by atoms with Crippen molar-refractivity contribution in [1.82, 2.24) is 5.32 Å². The summed E-state index contributed by atoms with van der Waals surface area (Å²) in [6.45, 7) is 0. The number of nitrogens with one attached hydrogen (secondary N) is 1. The van der Waals surface area contributed by atoms with Crippen LogP contribution in [0.3, 0.4) is 0 Å². The van der Waals surface area contributed by atoms with Crippen molar-refractivity contribution in [2.75, 3.05) is 0 Å². The van der Waals surface area contributed by atoms with Gasteiger partial charge in [-0.1, -0.05) is 18.6 Å². The molecule has 124 valence electrons. The molecule has 3 saturated carbocycles. The molecule has 4 rings (SSSR count). The molecule has 3 aliphatic rings. The van der Waals surface area contributed by atoms with Gasteiger partial charge in [0.15, 0.2) is 0 Å². The Morgan fingerprint density at radius 3 is 2.52 bits per heavy atom. The predicted molar refractivity (Wildman–Crippen MR) is 87.0 cm³/mol. The van der Waals surface area contributed by atoms with Crippen molar-refractivity contribution in [2.24, 2.45) is 23.5 Å². The van der Waals surface area contributed by atoms with Gasteiger partial charge in [0.05, 0.1) is 5.54 Å². The molecular weight excluding hydrogens is 291 g/mol. The lowest BCUT2D eigenvalue weighted by Crippen LogP contribution is -2.50. The quantitative estimate of drug-likeness (QED) is 0.900. The molecule has 0 aromatic heterocycles. The summed E-state index contributed by atoms with van der Waals surface area (Å²) < 4.78 is 13.5. The zero-order valence-corrected chi connectivity index (χ0v) is 13.4. The highest BCUT2D eigenvalue weighted by molar-refractivity contribution is 5.80. The molecule has 23 heavy (non-hydrogen) atoms. The lowest BCUT2D eigenvalue weighted by atomic mass is 9.65. The van der Waals surface area contributed by atoms with Crippen molar-refractivity contribution >= 4 is 5.91 Å². The Bertz CT molecular complexity index is 599. The summed E-state index contributed by atoms with van der Waals surface area (Å²) in [6, 6.07) is 6.93. The topological polar surface area (TPSA) is 55.1 Å². The molecule has 0 spiro atoms. The second kappa shape index (κ2) is 5.59. The fourth-order valence-electron chi connectivity index (χ4n) is 4.74. The molecule has 0 aliphatic heterocycles. The van der Waals surface area contributed by atoms with E-state index in [1.165, 1.54) is 12.5 Å². The van der Waals surface area contributed by atoms with Gasteiger partial charge < -0.3 is 11.1 Å². The molecule has 3 aliphatic carbocycles. The van der Waals surface area contributed by atoms with Gasteiger partial charge in [-0.2, -0.15) is 0 Å². The zero-order valence-electron chi connectivity index (χ0n) is 13.4. The summed E-state index contributed by atoms with van der Waals surface area (Å²) in [4.78, 5) is 12.8. The first-order chi connectivity index (χ1) is 11.1. The number of carbonyl (C=O) groups excluding carboxylic acids is 1. The molecule has 0 saturated heterocycles. The minimum absolute atomic E-state index is 0.0798. The number of halogens is 1. The van der Waals surface area contributed by atoms with E-state index in [1.807, 2.05) is 6.07 Å². The largest absolute Gasteiger partial charge is 0.346 e. The first-order valence-electron chi connectivity index (χ1n) is 8.91. The average Bonchev–Trinajstić information content (AvgIpc) is 3.27. The molecule has 3 nitrogen and oxygen atoms in total. The van der Waals surface area contributed by atoms with E-state index in [9.17, 15) is 9.18 Å². The van der Waals surface area contributed by atoms with E-state index in [-0.39, 0.29) is 29.2 Å². The molecule has 0 heterocycles. The Labute approximate surface area is 136 Å². The van der Waals surface area contributed by atoms with E-state index < -0.39 is 0 Å². The van der Waals surface area contributed by atoms with E-state index in [2.05, 4.69) is 5.32 Å². The van der Waals surface area contributed by atoms with Crippen LogP contribution in [0.4, 0.5) is 4.39 Å². The smallest absolute Gasteiger partial charge is 0.223 e. The Hall–Kier alpha value is -1.42. The van der Waals surface area contributed by atoms with E-state index in [1.54, 1.807) is 12.1 Å². The van der Waals surface area contributed by atoms with Crippen LogP contribution >= 0.6 is 0 Å². The van der Waals surface area contributed by atoms with Crippen LogP contribution in [0, 0.1) is 23.6 Å². The van der Waals surface area contributed by atoms with Gasteiger partial charge >= 0.3 is 0 Å². The minimum Gasteiger partial charge on any atom is -0.346 e. The molecule has 4 heteroatoms. The molecule has 2 bridgehead atoms. The SMILES string of the molecule is NC1C2CCCC1CC(C(=O)NC1(c3cccc(F)c3)CC1)C2. The lowest BCUT2D eigenvalue weighted by molar-refractivity contribution is -0.129.